The third-order valence-corrected chi connectivity index (χ3v) is 4.05. The second-order valence-electron chi connectivity index (χ2n) is 6.11. The highest BCUT2D eigenvalue weighted by Crippen LogP contribution is 2.36. The summed E-state index contributed by atoms with van der Waals surface area (Å²) in [6, 6.07) is 5.44. The van der Waals surface area contributed by atoms with Crippen LogP contribution in [0.15, 0.2) is 18.2 Å². The molecule has 0 atom stereocenters. The normalized spacial score (nSPS) is 14.2. The second kappa shape index (κ2) is 4.68. The molecule has 1 N–H and O–H groups in total. The highest BCUT2D eigenvalue weighted by Gasteiger charge is 2.30. The lowest BCUT2D eigenvalue weighted by atomic mass is 9.89. The van der Waals surface area contributed by atoms with E-state index < -0.39 is 0 Å². The van der Waals surface area contributed by atoms with E-state index in [1.165, 1.54) is 5.56 Å². The zero-order chi connectivity index (χ0) is 14.5. The predicted molar refractivity (Wildman–Crippen MR) is 84.5 cm³/mol. The quantitative estimate of drug-likeness (QED) is 0.843. The fourth-order valence-corrected chi connectivity index (χ4v) is 2.96. The van der Waals surface area contributed by atoms with E-state index in [1.807, 2.05) is 10.7 Å². The molecule has 0 spiro atoms. The number of halogens is 2. The Morgan fingerprint density at radius 3 is 2.70 bits per heavy atom. The first-order valence-electron chi connectivity index (χ1n) is 6.69. The van der Waals surface area contributed by atoms with Gasteiger partial charge in [-0.05, 0) is 24.6 Å². The van der Waals surface area contributed by atoms with Gasteiger partial charge in [0.1, 0.15) is 5.82 Å². The van der Waals surface area contributed by atoms with Gasteiger partial charge in [-0.3, -0.25) is 0 Å². The summed E-state index contributed by atoms with van der Waals surface area (Å²) in [5.74, 6) is 1.04. The van der Waals surface area contributed by atoms with Gasteiger partial charge in [-0.25, -0.2) is 4.68 Å². The van der Waals surface area contributed by atoms with Gasteiger partial charge in [-0.15, -0.1) is 0 Å². The van der Waals surface area contributed by atoms with Crippen LogP contribution < -0.4 is 5.32 Å². The summed E-state index contributed by atoms with van der Waals surface area (Å²) in [7, 11) is 0. The Morgan fingerprint density at radius 1 is 1.25 bits per heavy atom. The van der Waals surface area contributed by atoms with Crippen LogP contribution in [0.25, 0.3) is 5.69 Å². The van der Waals surface area contributed by atoms with Crippen LogP contribution in [-0.4, -0.2) is 16.3 Å². The van der Waals surface area contributed by atoms with Crippen molar-refractivity contribution in [2.75, 3.05) is 11.9 Å². The molecule has 1 aromatic carbocycles. The van der Waals surface area contributed by atoms with Gasteiger partial charge in [0.15, 0.2) is 0 Å². The molecule has 1 aliphatic rings. The maximum Gasteiger partial charge on any atom is 0.133 e. The van der Waals surface area contributed by atoms with Gasteiger partial charge < -0.3 is 5.32 Å². The summed E-state index contributed by atoms with van der Waals surface area (Å²) in [6.07, 6.45) is 1.00. The van der Waals surface area contributed by atoms with Crippen LogP contribution in [0.2, 0.25) is 10.0 Å². The molecular formula is C15H17Cl2N3. The summed E-state index contributed by atoms with van der Waals surface area (Å²) in [5, 5.41) is 9.50. The lowest BCUT2D eigenvalue weighted by molar-refractivity contribution is 0.554. The summed E-state index contributed by atoms with van der Waals surface area (Å²) in [5.41, 5.74) is 3.23. The number of anilines is 1. The molecule has 1 aliphatic heterocycles. The summed E-state index contributed by atoms with van der Waals surface area (Å²) in [4.78, 5) is 0. The molecule has 1 aromatic heterocycles. The average molecular weight is 310 g/mol. The summed E-state index contributed by atoms with van der Waals surface area (Å²) in [6.45, 7) is 7.47. The van der Waals surface area contributed by atoms with E-state index in [0.29, 0.717) is 10.0 Å². The Balaban J connectivity index is 2.23. The van der Waals surface area contributed by atoms with Crippen LogP contribution in [-0.2, 0) is 11.8 Å². The molecule has 0 radical (unpaired) electrons. The average Bonchev–Trinajstić information content (AvgIpc) is 2.92. The maximum atomic E-state index is 6.31. The number of rotatable bonds is 1. The highest BCUT2D eigenvalue weighted by molar-refractivity contribution is 6.34. The van der Waals surface area contributed by atoms with E-state index >= 15 is 0 Å². The largest absolute Gasteiger partial charge is 0.369 e. The molecule has 3 rings (SSSR count). The number of nitrogens with zero attached hydrogens (tertiary/aromatic N) is 2. The molecule has 0 bridgehead atoms. The van der Waals surface area contributed by atoms with Gasteiger partial charge >= 0.3 is 0 Å². The van der Waals surface area contributed by atoms with Crippen molar-refractivity contribution < 1.29 is 0 Å². The first kappa shape index (κ1) is 13.8. The molecule has 0 amide bonds. The fraction of sp³-hybridized carbons (Fsp3) is 0.400. The Kier molecular flexibility index (Phi) is 3.22. The van der Waals surface area contributed by atoms with Crippen molar-refractivity contribution in [3.63, 3.8) is 0 Å². The molecule has 0 unspecified atom stereocenters. The first-order chi connectivity index (χ1) is 9.38. The van der Waals surface area contributed by atoms with Crippen LogP contribution in [0.5, 0.6) is 0 Å². The van der Waals surface area contributed by atoms with Crippen molar-refractivity contribution in [2.45, 2.75) is 32.6 Å². The molecule has 3 nitrogen and oxygen atoms in total. The van der Waals surface area contributed by atoms with Crippen LogP contribution >= 0.6 is 23.2 Å². The number of nitrogens with one attached hydrogen (secondary N) is 1. The fourth-order valence-electron chi connectivity index (χ4n) is 2.60. The van der Waals surface area contributed by atoms with Crippen LogP contribution in [0.4, 0.5) is 5.82 Å². The van der Waals surface area contributed by atoms with Gasteiger partial charge in [0.25, 0.3) is 0 Å². The lowest BCUT2D eigenvalue weighted by Gasteiger charge is -2.16. The molecule has 2 aromatic rings. The van der Waals surface area contributed by atoms with Gasteiger partial charge in [0.05, 0.1) is 16.4 Å². The van der Waals surface area contributed by atoms with Crippen LogP contribution in [0.3, 0.4) is 0 Å². The molecule has 0 saturated heterocycles. The first-order valence-corrected chi connectivity index (χ1v) is 7.45. The standard InChI is InChI=1S/C15H17Cl2N3/c1-15(2,3)13-10-6-7-18-14(10)20(19-13)12-8-9(16)4-5-11(12)17/h4-5,8,18H,6-7H2,1-3H3. The Morgan fingerprint density at radius 2 is 2.00 bits per heavy atom. The van der Waals surface area contributed by atoms with E-state index in [4.69, 9.17) is 28.3 Å². The minimum Gasteiger partial charge on any atom is -0.369 e. The Hall–Kier alpha value is -1.19. The van der Waals surface area contributed by atoms with Crippen molar-refractivity contribution in [2.24, 2.45) is 0 Å². The molecule has 106 valence electrons. The molecule has 0 fully saturated rings. The van der Waals surface area contributed by atoms with Gasteiger partial charge in [-0.1, -0.05) is 44.0 Å². The van der Waals surface area contributed by atoms with E-state index in [9.17, 15) is 0 Å². The molecule has 5 heteroatoms. The van der Waals surface area contributed by atoms with Crippen LogP contribution in [0.1, 0.15) is 32.0 Å². The molecule has 20 heavy (non-hydrogen) atoms. The third kappa shape index (κ3) is 2.19. The van der Waals surface area contributed by atoms with Crippen molar-refractivity contribution in [1.29, 1.82) is 0 Å². The second-order valence-corrected chi connectivity index (χ2v) is 6.95. The predicted octanol–water partition coefficient (Wildman–Crippen LogP) is 4.44. The SMILES string of the molecule is CC(C)(C)c1nn(-c2cc(Cl)ccc2Cl)c2c1CCN2. The van der Waals surface area contributed by atoms with Crippen LogP contribution in [0, 0.1) is 0 Å². The third-order valence-electron chi connectivity index (χ3n) is 3.50. The molecule has 0 aliphatic carbocycles. The van der Waals surface area contributed by atoms with Gasteiger partial charge in [0, 0.05) is 22.5 Å². The number of hydrogen-bond donors (Lipinski definition) is 1. The van der Waals surface area contributed by atoms with Crippen molar-refractivity contribution in [3.05, 3.63) is 39.5 Å². The summed E-state index contributed by atoms with van der Waals surface area (Å²) < 4.78 is 1.89. The lowest BCUT2D eigenvalue weighted by Crippen LogP contribution is -2.15. The zero-order valence-corrected chi connectivity index (χ0v) is 13.3. The van der Waals surface area contributed by atoms with E-state index in [0.717, 1.165) is 30.2 Å². The minimum absolute atomic E-state index is 0.00635. The summed E-state index contributed by atoms with van der Waals surface area (Å²) >= 11 is 12.4. The maximum absolute atomic E-state index is 6.31. The van der Waals surface area contributed by atoms with E-state index in [-0.39, 0.29) is 5.41 Å². The number of benzene rings is 1. The number of fused-ring (bicyclic) bond motifs is 1. The van der Waals surface area contributed by atoms with Gasteiger partial charge in [-0.2, -0.15) is 5.10 Å². The smallest absolute Gasteiger partial charge is 0.133 e. The van der Waals surface area contributed by atoms with Crippen molar-refractivity contribution in [1.82, 2.24) is 9.78 Å². The zero-order valence-electron chi connectivity index (χ0n) is 11.8. The van der Waals surface area contributed by atoms with E-state index in [1.54, 1.807) is 12.1 Å². The minimum atomic E-state index is 0.00635. The van der Waals surface area contributed by atoms with Gasteiger partial charge in [0.2, 0.25) is 0 Å². The Labute approximate surface area is 128 Å². The molecule has 2 heterocycles. The van der Waals surface area contributed by atoms with E-state index in [2.05, 4.69) is 26.1 Å². The topological polar surface area (TPSA) is 29.9 Å². The Bertz CT molecular complexity index is 668. The molecule has 0 saturated carbocycles. The highest BCUT2D eigenvalue weighted by atomic mass is 35.5. The number of aromatic nitrogens is 2. The monoisotopic (exact) mass is 309 g/mol. The number of hydrogen-bond acceptors (Lipinski definition) is 2. The van der Waals surface area contributed by atoms with Crippen molar-refractivity contribution >= 4 is 29.0 Å². The van der Waals surface area contributed by atoms with Crippen molar-refractivity contribution in [3.8, 4) is 5.69 Å². The molecular weight excluding hydrogens is 293 g/mol.